The second-order valence-electron chi connectivity index (χ2n) is 10.4. The second kappa shape index (κ2) is 11.8. The van der Waals surface area contributed by atoms with E-state index in [9.17, 15) is 0 Å². The Bertz CT molecular complexity index is 1240. The fourth-order valence-corrected chi connectivity index (χ4v) is 5.44. The summed E-state index contributed by atoms with van der Waals surface area (Å²) in [7, 11) is 8.35. The standard InChI is InChI=1S/C33H37N3.ClH/c1-35(2)27-18-14-24(15-19-27)33(25-16-20-28(21-17-25)36(3)4)31-22-23-32(30-13-9-8-12-29(30)31)34-26-10-6-5-7-11-26;/h8-9,12-23,26H,5-7,10-11H2,1-4H3;1H. The normalized spacial score (nSPS) is 16.2. The average Bonchev–Trinajstić information content (AvgIpc) is 2.91. The number of hydrogen-bond donors (Lipinski definition) is 1. The summed E-state index contributed by atoms with van der Waals surface area (Å²) in [5, 5.41) is 0. The molecule has 0 unspecified atom stereocenters. The first-order valence-corrected chi connectivity index (χ1v) is 13.2. The van der Waals surface area contributed by atoms with Crippen LogP contribution in [0.3, 0.4) is 0 Å². The molecule has 1 N–H and O–H groups in total. The van der Waals surface area contributed by atoms with Crippen LogP contribution < -0.4 is 27.2 Å². The van der Waals surface area contributed by atoms with Crippen LogP contribution in [0.5, 0.6) is 0 Å². The van der Waals surface area contributed by atoms with Crippen LogP contribution in [0, 0.1) is 0 Å². The molecule has 0 amide bonds. The van der Waals surface area contributed by atoms with Gasteiger partial charge in [-0.05, 0) is 77.1 Å². The Morgan fingerprint density at radius 3 is 1.68 bits per heavy atom. The second-order valence-corrected chi connectivity index (χ2v) is 10.4. The van der Waals surface area contributed by atoms with E-state index in [0.717, 1.165) is 0 Å². The van der Waals surface area contributed by atoms with Gasteiger partial charge >= 0.3 is 0 Å². The summed E-state index contributed by atoms with van der Waals surface area (Å²) in [5.41, 5.74) is 11.3. The van der Waals surface area contributed by atoms with Gasteiger partial charge in [-0.25, -0.2) is 4.99 Å². The van der Waals surface area contributed by atoms with Crippen LogP contribution >= 0.6 is 0 Å². The number of benzene rings is 3. The summed E-state index contributed by atoms with van der Waals surface area (Å²) in [5.74, 6) is 0. The number of halogens is 1. The number of rotatable bonds is 5. The fraction of sp³-hybridized carbons (Fsp3) is 0.303. The highest BCUT2D eigenvalue weighted by molar-refractivity contribution is 6.17. The highest BCUT2D eigenvalue weighted by atomic mass is 35.5. The van der Waals surface area contributed by atoms with E-state index in [2.05, 4.69) is 128 Å². The molecule has 1 fully saturated rings. The smallest absolute Gasteiger partial charge is 0.206 e. The van der Waals surface area contributed by atoms with Gasteiger partial charge in [0.05, 0.1) is 5.56 Å². The lowest BCUT2D eigenvalue weighted by atomic mass is 9.83. The predicted octanol–water partition coefficient (Wildman–Crippen LogP) is 2.55. The minimum Gasteiger partial charge on any atom is -1.00 e. The molecule has 0 atom stereocenters. The zero-order valence-corrected chi connectivity index (χ0v) is 23.2. The van der Waals surface area contributed by atoms with Crippen molar-refractivity contribution in [2.24, 2.45) is 0 Å². The van der Waals surface area contributed by atoms with E-state index >= 15 is 0 Å². The summed E-state index contributed by atoms with van der Waals surface area (Å²) in [4.78, 5) is 8.19. The molecule has 4 heteroatoms. The van der Waals surface area contributed by atoms with Gasteiger partial charge in [0.1, 0.15) is 0 Å². The first kappa shape index (κ1) is 26.8. The molecule has 1 saturated carbocycles. The Balaban J connectivity index is 0.00000320. The molecule has 0 bridgehead atoms. The molecule has 0 heterocycles. The van der Waals surface area contributed by atoms with Gasteiger partial charge in [0.25, 0.3) is 0 Å². The van der Waals surface area contributed by atoms with Gasteiger partial charge in [-0.2, -0.15) is 0 Å². The number of fused-ring (bicyclic) bond motifs is 1. The maximum Gasteiger partial charge on any atom is 0.206 e. The van der Waals surface area contributed by atoms with E-state index in [4.69, 9.17) is 0 Å². The number of anilines is 2. The van der Waals surface area contributed by atoms with Crippen LogP contribution in [0.25, 0.3) is 11.1 Å². The third-order valence-corrected chi connectivity index (χ3v) is 7.50. The fourth-order valence-electron chi connectivity index (χ4n) is 5.44. The maximum absolute atomic E-state index is 3.89. The van der Waals surface area contributed by atoms with Crippen LogP contribution in [-0.2, 0) is 0 Å². The molecule has 3 nitrogen and oxygen atoms in total. The highest BCUT2D eigenvalue weighted by Crippen LogP contribution is 2.37. The van der Waals surface area contributed by atoms with Gasteiger partial charge < -0.3 is 22.2 Å². The van der Waals surface area contributed by atoms with Crippen molar-refractivity contribution in [3.8, 4) is 0 Å². The van der Waals surface area contributed by atoms with Crippen LogP contribution in [0.1, 0.15) is 54.4 Å². The van der Waals surface area contributed by atoms with Crippen LogP contribution in [0.4, 0.5) is 11.4 Å². The SMILES string of the molecule is CN(C)c1ccc(C(=C2C=CC(=[NH+]C3CCCCC3)c3ccccc32)c2ccc(N(C)C)cc2)cc1.[Cl-]. The third kappa shape index (κ3) is 5.83. The largest absolute Gasteiger partial charge is 1.00 e. The van der Waals surface area contributed by atoms with Gasteiger partial charge in [-0.3, -0.25) is 0 Å². The van der Waals surface area contributed by atoms with E-state index < -0.39 is 0 Å². The van der Waals surface area contributed by atoms with Crippen molar-refractivity contribution >= 4 is 28.2 Å². The predicted molar refractivity (Wildman–Crippen MR) is 155 cm³/mol. The molecule has 3 aromatic rings. The number of nitrogens with one attached hydrogen (secondary N) is 1. The van der Waals surface area contributed by atoms with Gasteiger partial charge in [-0.15, -0.1) is 0 Å². The lowest BCUT2D eigenvalue weighted by Crippen LogP contribution is -3.00. The van der Waals surface area contributed by atoms with E-state index in [0.29, 0.717) is 6.04 Å². The summed E-state index contributed by atoms with van der Waals surface area (Å²) in [6.45, 7) is 0. The molecule has 0 aromatic heterocycles. The first-order chi connectivity index (χ1) is 17.5. The molecule has 2 aliphatic rings. The Kier molecular flexibility index (Phi) is 8.56. The summed E-state index contributed by atoms with van der Waals surface area (Å²) in [6.07, 6.45) is 11.2. The zero-order valence-electron chi connectivity index (χ0n) is 22.5. The number of allylic oxidation sites excluding steroid dienone is 3. The minimum absolute atomic E-state index is 0. The topological polar surface area (TPSA) is 20.5 Å². The molecule has 0 spiro atoms. The zero-order chi connectivity index (χ0) is 25.1. The van der Waals surface area contributed by atoms with Gasteiger partial charge in [0, 0.05) is 58.5 Å². The first-order valence-electron chi connectivity index (χ1n) is 13.2. The van der Waals surface area contributed by atoms with Gasteiger partial charge in [0.15, 0.2) is 6.04 Å². The van der Waals surface area contributed by atoms with Crippen LogP contribution in [-0.4, -0.2) is 39.9 Å². The van der Waals surface area contributed by atoms with Crippen molar-refractivity contribution in [2.75, 3.05) is 38.0 Å². The van der Waals surface area contributed by atoms with Crippen molar-refractivity contribution in [1.29, 1.82) is 0 Å². The Hall–Kier alpha value is -3.30. The van der Waals surface area contributed by atoms with Crippen molar-refractivity contribution < 1.29 is 17.4 Å². The van der Waals surface area contributed by atoms with Crippen molar-refractivity contribution in [3.63, 3.8) is 0 Å². The molecule has 2 aliphatic carbocycles. The van der Waals surface area contributed by atoms with Crippen LogP contribution in [0.15, 0.2) is 84.9 Å². The van der Waals surface area contributed by atoms with Crippen LogP contribution in [0.2, 0.25) is 0 Å². The summed E-state index contributed by atoms with van der Waals surface area (Å²) in [6, 6.07) is 27.3. The van der Waals surface area contributed by atoms with Crippen molar-refractivity contribution in [3.05, 3.63) is 107 Å². The van der Waals surface area contributed by atoms with E-state index in [1.54, 1.807) is 0 Å². The number of hydrogen-bond acceptors (Lipinski definition) is 2. The molecule has 0 saturated heterocycles. The Morgan fingerprint density at radius 1 is 0.649 bits per heavy atom. The lowest BCUT2D eigenvalue weighted by molar-refractivity contribution is -0.506. The molecular weight excluding hydrogens is 474 g/mol. The third-order valence-electron chi connectivity index (χ3n) is 7.50. The molecular formula is C33H38ClN3. The molecule has 3 aromatic carbocycles. The van der Waals surface area contributed by atoms with Gasteiger partial charge in [-0.1, -0.05) is 48.9 Å². The highest BCUT2D eigenvalue weighted by Gasteiger charge is 2.25. The van der Waals surface area contributed by atoms with E-state index in [-0.39, 0.29) is 12.4 Å². The monoisotopic (exact) mass is 511 g/mol. The van der Waals surface area contributed by atoms with Crippen molar-refractivity contribution in [2.45, 2.75) is 38.1 Å². The van der Waals surface area contributed by atoms with Crippen molar-refractivity contribution in [1.82, 2.24) is 0 Å². The molecule has 192 valence electrons. The summed E-state index contributed by atoms with van der Waals surface area (Å²) < 4.78 is 0. The summed E-state index contributed by atoms with van der Waals surface area (Å²) >= 11 is 0. The average molecular weight is 512 g/mol. The maximum atomic E-state index is 3.89. The number of nitrogens with zero attached hydrogens (tertiary/aromatic N) is 2. The molecule has 5 rings (SSSR count). The Labute approximate surface area is 228 Å². The molecule has 37 heavy (non-hydrogen) atoms. The Morgan fingerprint density at radius 2 is 1.16 bits per heavy atom. The van der Waals surface area contributed by atoms with Gasteiger partial charge in [0.2, 0.25) is 5.71 Å². The van der Waals surface area contributed by atoms with E-state index in [1.165, 1.54) is 82.6 Å². The quantitative estimate of drug-likeness (QED) is 0.568. The van der Waals surface area contributed by atoms with E-state index in [1.807, 2.05) is 0 Å². The molecule has 0 radical (unpaired) electrons. The minimum atomic E-state index is 0. The molecule has 0 aliphatic heterocycles. The lowest BCUT2D eigenvalue weighted by Gasteiger charge is -2.21.